The highest BCUT2D eigenvalue weighted by atomic mass is 19.1. The molecule has 152 valence electrons. The Labute approximate surface area is 162 Å². The molecular weight excluding hydrogens is 343 g/mol. The Balaban J connectivity index is 1.34. The van der Waals surface area contributed by atoms with Crippen LogP contribution in [-0.2, 0) is 9.47 Å². The van der Waals surface area contributed by atoms with Crippen LogP contribution in [-0.4, -0.2) is 36.9 Å². The first kappa shape index (κ1) is 18.6. The minimum atomic E-state index is -1.08. The van der Waals surface area contributed by atoms with Crippen molar-refractivity contribution in [3.05, 3.63) is 11.6 Å². The number of alkyl halides is 1. The van der Waals surface area contributed by atoms with E-state index in [4.69, 9.17) is 9.47 Å². The average Bonchev–Trinajstić information content (AvgIpc) is 2.99. The molecule has 0 aromatic heterocycles. The minimum Gasteiger partial charge on any atom is -0.387 e. The van der Waals surface area contributed by atoms with Gasteiger partial charge >= 0.3 is 0 Å². The van der Waals surface area contributed by atoms with Gasteiger partial charge in [-0.2, -0.15) is 0 Å². The minimum absolute atomic E-state index is 0.0334. The molecule has 4 fully saturated rings. The van der Waals surface area contributed by atoms with E-state index in [0.717, 1.165) is 44.8 Å². The van der Waals surface area contributed by atoms with E-state index in [0.29, 0.717) is 30.1 Å². The van der Waals surface area contributed by atoms with Crippen molar-refractivity contribution >= 4 is 0 Å². The second kappa shape index (κ2) is 6.81. The fourth-order valence-corrected chi connectivity index (χ4v) is 7.66. The van der Waals surface area contributed by atoms with E-state index in [1.54, 1.807) is 5.57 Å². The first-order chi connectivity index (χ1) is 13.1. The smallest absolute Gasteiger partial charge is 0.163 e. The van der Waals surface area contributed by atoms with E-state index in [1.165, 1.54) is 25.7 Å². The van der Waals surface area contributed by atoms with Crippen LogP contribution in [0.5, 0.6) is 0 Å². The van der Waals surface area contributed by atoms with Crippen molar-refractivity contribution in [2.45, 2.75) is 76.6 Å². The van der Waals surface area contributed by atoms with Crippen LogP contribution < -0.4 is 0 Å². The van der Waals surface area contributed by atoms with Crippen LogP contribution in [0.2, 0.25) is 0 Å². The average molecular weight is 379 g/mol. The first-order valence-electron chi connectivity index (χ1n) is 11.3. The van der Waals surface area contributed by atoms with E-state index in [2.05, 4.69) is 13.0 Å². The van der Waals surface area contributed by atoms with E-state index in [1.807, 2.05) is 0 Å². The largest absolute Gasteiger partial charge is 0.387 e. The highest BCUT2D eigenvalue weighted by Gasteiger charge is 2.62. The summed E-state index contributed by atoms with van der Waals surface area (Å²) in [7, 11) is 0. The summed E-state index contributed by atoms with van der Waals surface area (Å²) in [5.74, 6) is 3.03. The van der Waals surface area contributed by atoms with Gasteiger partial charge in [0, 0.05) is 11.3 Å². The predicted molar refractivity (Wildman–Crippen MR) is 102 cm³/mol. The fourth-order valence-electron chi connectivity index (χ4n) is 7.66. The number of fused-ring (bicyclic) bond motifs is 5. The van der Waals surface area contributed by atoms with Crippen molar-refractivity contribution in [2.24, 2.45) is 35.0 Å². The summed E-state index contributed by atoms with van der Waals surface area (Å²) in [6.45, 7) is 3.27. The third-order valence-electron chi connectivity index (χ3n) is 9.24. The summed E-state index contributed by atoms with van der Waals surface area (Å²) in [4.78, 5) is 0. The lowest BCUT2D eigenvalue weighted by molar-refractivity contribution is -0.199. The Kier molecular flexibility index (Phi) is 4.68. The maximum Gasteiger partial charge on any atom is 0.163 e. The lowest BCUT2D eigenvalue weighted by Gasteiger charge is -2.55. The third-order valence-corrected chi connectivity index (χ3v) is 9.24. The molecule has 1 N–H and O–H groups in total. The van der Waals surface area contributed by atoms with Gasteiger partial charge < -0.3 is 14.6 Å². The van der Waals surface area contributed by atoms with Gasteiger partial charge in [0.25, 0.3) is 0 Å². The van der Waals surface area contributed by atoms with Gasteiger partial charge in [-0.15, -0.1) is 0 Å². The molecule has 27 heavy (non-hydrogen) atoms. The van der Waals surface area contributed by atoms with Crippen molar-refractivity contribution in [1.29, 1.82) is 0 Å². The molecule has 0 aromatic carbocycles. The molecule has 1 heterocycles. The fraction of sp³-hybridized carbons (Fsp3) is 0.913. The second-order valence-electron chi connectivity index (χ2n) is 10.2. The molecule has 3 nitrogen and oxygen atoms in total. The molecule has 5 aliphatic rings. The molecule has 4 heteroatoms. The van der Waals surface area contributed by atoms with Gasteiger partial charge in [-0.3, -0.25) is 0 Å². The molecule has 4 aliphatic carbocycles. The van der Waals surface area contributed by atoms with Crippen LogP contribution in [0.3, 0.4) is 0 Å². The van der Waals surface area contributed by atoms with Crippen LogP contribution in [0, 0.1) is 35.0 Å². The molecule has 0 bridgehead atoms. The molecule has 5 rings (SSSR count). The molecule has 0 spiro atoms. The molecule has 1 unspecified atom stereocenters. The summed E-state index contributed by atoms with van der Waals surface area (Å²) in [5.41, 5.74) is 0.351. The third kappa shape index (κ3) is 2.77. The summed E-state index contributed by atoms with van der Waals surface area (Å²) >= 11 is 0. The number of hydrogen-bond acceptors (Lipinski definition) is 3. The van der Waals surface area contributed by atoms with Crippen molar-refractivity contribution in [2.75, 3.05) is 19.9 Å². The zero-order chi connectivity index (χ0) is 18.6. The highest BCUT2D eigenvalue weighted by Crippen LogP contribution is 2.65. The number of allylic oxidation sites excluding steroid dienone is 1. The monoisotopic (exact) mass is 378 g/mol. The molecule has 1 saturated heterocycles. The Morgan fingerprint density at radius 3 is 2.67 bits per heavy atom. The van der Waals surface area contributed by atoms with E-state index < -0.39 is 12.3 Å². The van der Waals surface area contributed by atoms with Crippen LogP contribution >= 0.6 is 0 Å². The molecule has 0 aromatic rings. The normalized spacial score (nSPS) is 50.5. The number of halogens is 1. The number of rotatable bonds is 2. The summed E-state index contributed by atoms with van der Waals surface area (Å²) in [6, 6.07) is 0. The van der Waals surface area contributed by atoms with E-state index in [-0.39, 0.29) is 11.7 Å². The second-order valence-corrected chi connectivity index (χ2v) is 10.2. The van der Waals surface area contributed by atoms with Crippen molar-refractivity contribution in [3.63, 3.8) is 0 Å². The lowest BCUT2D eigenvalue weighted by atomic mass is 9.50. The van der Waals surface area contributed by atoms with Crippen LogP contribution in [0.15, 0.2) is 11.6 Å². The van der Waals surface area contributed by atoms with Gasteiger partial charge in [0.05, 0.1) is 18.8 Å². The lowest BCUT2D eigenvalue weighted by Crippen LogP contribution is -2.53. The Bertz CT molecular complexity index is 600. The van der Waals surface area contributed by atoms with Crippen LogP contribution in [0.1, 0.15) is 64.7 Å². The highest BCUT2D eigenvalue weighted by molar-refractivity contribution is 5.21. The maximum atomic E-state index is 13.7. The van der Waals surface area contributed by atoms with E-state index in [9.17, 15) is 9.50 Å². The van der Waals surface area contributed by atoms with Crippen molar-refractivity contribution < 1.29 is 19.0 Å². The first-order valence-corrected chi connectivity index (χ1v) is 11.3. The SMILES string of the molecule is C[C@]12CC[C@H]3[C@@H](CCC4=CC(C5OCCCO5)CC[C@@H]43)[C@@H]1CC[C@]2(O)CF. The van der Waals surface area contributed by atoms with Gasteiger partial charge in [-0.1, -0.05) is 18.6 Å². The van der Waals surface area contributed by atoms with Gasteiger partial charge in [0.1, 0.15) is 6.67 Å². The van der Waals surface area contributed by atoms with Crippen LogP contribution in [0.25, 0.3) is 0 Å². The molecule has 3 saturated carbocycles. The number of ether oxygens (including phenoxy) is 2. The Hall–Kier alpha value is -0.450. The Morgan fingerprint density at radius 2 is 1.89 bits per heavy atom. The molecular formula is C23H35FO3. The van der Waals surface area contributed by atoms with Crippen molar-refractivity contribution in [3.8, 4) is 0 Å². The zero-order valence-electron chi connectivity index (χ0n) is 16.7. The number of hydrogen-bond donors (Lipinski definition) is 1. The van der Waals surface area contributed by atoms with Gasteiger partial charge in [-0.25, -0.2) is 4.39 Å². The quantitative estimate of drug-likeness (QED) is 0.712. The topological polar surface area (TPSA) is 38.7 Å². The number of aliphatic hydroxyl groups is 1. The molecule has 0 amide bonds. The summed E-state index contributed by atoms with van der Waals surface area (Å²) in [6.07, 6.45) is 12.1. The summed E-state index contributed by atoms with van der Waals surface area (Å²) in [5, 5.41) is 10.9. The molecule has 1 aliphatic heterocycles. The standard InChI is InChI=1S/C23H35FO3/c1-22-9-7-18-17-5-4-16(21-26-11-2-12-27-21)13-15(17)3-6-19(18)20(22)8-10-23(22,25)14-24/h13,16-21,25H,2-12,14H2,1H3/t16?,17-,18+,19+,20-,22-,23-/m0/s1. The summed E-state index contributed by atoms with van der Waals surface area (Å²) < 4.78 is 25.5. The van der Waals surface area contributed by atoms with Gasteiger partial charge in [0.2, 0.25) is 0 Å². The van der Waals surface area contributed by atoms with Gasteiger partial charge in [-0.05, 0) is 81.5 Å². The molecule has 7 atom stereocenters. The zero-order valence-corrected chi connectivity index (χ0v) is 16.7. The van der Waals surface area contributed by atoms with E-state index >= 15 is 0 Å². The molecule has 0 radical (unpaired) electrons. The Morgan fingerprint density at radius 1 is 1.07 bits per heavy atom. The van der Waals surface area contributed by atoms with Crippen molar-refractivity contribution in [1.82, 2.24) is 0 Å². The van der Waals surface area contributed by atoms with Crippen LogP contribution in [0.4, 0.5) is 4.39 Å². The maximum absolute atomic E-state index is 13.7. The van der Waals surface area contributed by atoms with Gasteiger partial charge in [0.15, 0.2) is 6.29 Å². The predicted octanol–water partition coefficient (Wildman–Crippen LogP) is 4.64.